The zero-order valence-electron chi connectivity index (χ0n) is 13.6. The summed E-state index contributed by atoms with van der Waals surface area (Å²) in [5.74, 6) is -0.0814. The molecule has 0 bridgehead atoms. The summed E-state index contributed by atoms with van der Waals surface area (Å²) in [4.78, 5) is 13.0. The molecule has 0 heterocycles. The highest BCUT2D eigenvalue weighted by atomic mass is 127. The second-order valence-corrected chi connectivity index (χ2v) is 5.17. The van der Waals surface area contributed by atoms with Crippen LogP contribution < -0.4 is 10.9 Å². The fourth-order valence-electron chi connectivity index (χ4n) is 2.99. The van der Waals surface area contributed by atoms with Gasteiger partial charge in [-0.2, -0.15) is 5.54 Å². The van der Waals surface area contributed by atoms with Gasteiger partial charge in [0.25, 0.3) is 0 Å². The first-order chi connectivity index (χ1) is 11.7. The third-order valence-electron chi connectivity index (χ3n) is 3.89. The molecule has 2 aromatic rings. The molecule has 0 fully saturated rings. The first-order valence-corrected chi connectivity index (χ1v) is 9.78. The van der Waals surface area contributed by atoms with Crippen LogP contribution in [0.4, 0.5) is 15.0 Å². The Morgan fingerprint density at radius 3 is 2.58 bits per heavy atom. The molecule has 1 aliphatic rings. The Morgan fingerprint density at radius 1 is 1.17 bits per heavy atom. The number of alkyl halides is 1. The summed E-state index contributed by atoms with van der Waals surface area (Å²) in [6.45, 7) is 2.97. The molecule has 2 N–H and O–H groups in total. The fourth-order valence-corrected chi connectivity index (χ4v) is 2.99. The molecule has 1 amide bonds. The first kappa shape index (κ1) is 18.5. The van der Waals surface area contributed by atoms with Crippen LogP contribution in [-0.4, -0.2) is 24.2 Å². The van der Waals surface area contributed by atoms with Gasteiger partial charge in [0.15, 0.2) is 0 Å². The molecular weight excluding hydrogens is 422 g/mol. The van der Waals surface area contributed by atoms with E-state index >= 15 is 0 Å². The third-order valence-corrected chi connectivity index (χ3v) is 3.89. The van der Waals surface area contributed by atoms with Crippen LogP contribution in [0.3, 0.4) is 0 Å². The number of anilines is 1. The number of nitrogens with one attached hydrogen (secondary N) is 2. The average molecular weight is 442 g/mol. The van der Waals surface area contributed by atoms with E-state index < -0.39 is 6.09 Å². The number of carbonyl (C=O) groups is 1. The molecule has 1 unspecified atom stereocenters. The number of fused-ring (bicyclic) bond motifs is 3. The molecule has 0 radical (unpaired) electrons. The van der Waals surface area contributed by atoms with Crippen LogP contribution in [0.25, 0.3) is 11.1 Å². The first-order valence-electron chi connectivity index (χ1n) is 7.63. The van der Waals surface area contributed by atoms with Crippen molar-refractivity contribution in [3.63, 3.8) is 0 Å². The van der Waals surface area contributed by atoms with E-state index in [0.29, 0.717) is 0 Å². The lowest BCUT2D eigenvalue weighted by atomic mass is 9.97. The number of rotatable bonds is 4. The molecule has 1 aliphatic carbocycles. The Morgan fingerprint density at radius 2 is 1.88 bits per heavy atom. The Balaban J connectivity index is 0.00000100. The number of ether oxygens (including phenoxy) is 1. The van der Waals surface area contributed by atoms with Crippen molar-refractivity contribution in [1.29, 1.82) is 0 Å². The van der Waals surface area contributed by atoms with E-state index in [-0.39, 0.29) is 12.5 Å². The van der Waals surface area contributed by atoms with Crippen molar-refractivity contribution >= 4 is 34.4 Å². The maximum Gasteiger partial charge on any atom is 0.435 e. The van der Waals surface area contributed by atoms with Gasteiger partial charge < -0.3 is 10.1 Å². The van der Waals surface area contributed by atoms with E-state index in [4.69, 9.17) is 4.74 Å². The topological polar surface area (TPSA) is 50.4 Å². The number of hydrogen-bond donors (Lipinski definition) is 2. The summed E-state index contributed by atoms with van der Waals surface area (Å²) in [5.41, 5.74) is 6.47. The van der Waals surface area contributed by atoms with E-state index in [1.165, 1.54) is 0 Å². The van der Waals surface area contributed by atoms with Crippen molar-refractivity contribution in [1.82, 2.24) is 5.54 Å². The van der Waals surface area contributed by atoms with Crippen molar-refractivity contribution in [2.24, 2.45) is 0 Å². The summed E-state index contributed by atoms with van der Waals surface area (Å²) in [6.07, 6.45) is -1.06. The van der Waals surface area contributed by atoms with Crippen LogP contribution >= 0.6 is 22.6 Å². The van der Waals surface area contributed by atoms with Gasteiger partial charge in [-0.3, -0.25) is 0 Å². The lowest BCUT2D eigenvalue weighted by Gasteiger charge is -2.14. The average Bonchev–Trinajstić information content (AvgIpc) is 2.95. The summed E-state index contributed by atoms with van der Waals surface area (Å²) in [7, 11) is 0. The monoisotopic (exact) mass is 442 g/mol. The number of amides is 1. The second-order valence-electron chi connectivity index (χ2n) is 5.17. The molecule has 6 heteroatoms. The highest BCUT2D eigenvalue weighted by Crippen LogP contribution is 2.45. The van der Waals surface area contributed by atoms with E-state index in [9.17, 15) is 9.28 Å². The van der Waals surface area contributed by atoms with E-state index in [0.717, 1.165) is 40.0 Å². The maximum absolute atomic E-state index is 12.1. The molecule has 0 saturated carbocycles. The molecule has 0 spiro atoms. The standard InChI is InChI=1S/C17H17FN2O2.CH3I/c1-2-19-11-7-8-14-12-5-3-4-6-13(12)16(15(14)9-11)10-22-17(21)20-18;1-2/h3-9,16,19H,2,10H2,1H3,(H,20,21);1H3. The van der Waals surface area contributed by atoms with Gasteiger partial charge in [-0.05, 0) is 46.2 Å². The highest BCUT2D eigenvalue weighted by Gasteiger charge is 2.29. The minimum atomic E-state index is -1.06. The Bertz CT molecular complexity index is 709. The molecule has 1 atom stereocenters. The minimum Gasteiger partial charge on any atom is -0.447 e. The molecule has 128 valence electrons. The molecule has 2 aromatic carbocycles. The van der Waals surface area contributed by atoms with E-state index in [1.54, 1.807) is 0 Å². The Labute approximate surface area is 154 Å². The zero-order chi connectivity index (χ0) is 17.5. The summed E-state index contributed by atoms with van der Waals surface area (Å²) in [5, 5.41) is 3.28. The predicted octanol–water partition coefficient (Wildman–Crippen LogP) is 4.89. The molecule has 24 heavy (non-hydrogen) atoms. The highest BCUT2D eigenvalue weighted by molar-refractivity contribution is 14.1. The van der Waals surface area contributed by atoms with Crippen LogP contribution in [0, 0.1) is 0 Å². The van der Waals surface area contributed by atoms with Gasteiger partial charge in [0, 0.05) is 18.2 Å². The number of hydrogen-bond acceptors (Lipinski definition) is 3. The number of carbonyl (C=O) groups excluding carboxylic acids is 1. The lowest BCUT2D eigenvalue weighted by Crippen LogP contribution is -2.19. The van der Waals surface area contributed by atoms with Crippen LogP contribution in [0.5, 0.6) is 0 Å². The van der Waals surface area contributed by atoms with Crippen molar-refractivity contribution in [2.75, 3.05) is 23.4 Å². The normalized spacial score (nSPS) is 13.9. The van der Waals surface area contributed by atoms with Crippen LogP contribution in [-0.2, 0) is 4.74 Å². The molecule has 0 aromatic heterocycles. The van der Waals surface area contributed by atoms with Gasteiger partial charge in [-0.25, -0.2) is 4.79 Å². The van der Waals surface area contributed by atoms with Gasteiger partial charge in [-0.1, -0.05) is 57.4 Å². The summed E-state index contributed by atoms with van der Waals surface area (Å²) < 4.78 is 17.0. The Hall–Kier alpha value is -1.83. The largest absolute Gasteiger partial charge is 0.447 e. The SMILES string of the molecule is CCNc1ccc2c(c1)C(COC(=O)NF)c1ccccc1-2.CI. The minimum absolute atomic E-state index is 0.0814. The van der Waals surface area contributed by atoms with Crippen LogP contribution in [0.2, 0.25) is 0 Å². The molecule has 4 nitrogen and oxygen atoms in total. The number of halogens is 2. The van der Waals surface area contributed by atoms with Gasteiger partial charge in [0.2, 0.25) is 0 Å². The van der Waals surface area contributed by atoms with Crippen molar-refractivity contribution in [3.8, 4) is 11.1 Å². The second kappa shape index (κ2) is 8.86. The maximum atomic E-state index is 12.1. The van der Waals surface area contributed by atoms with Crippen LogP contribution in [0.1, 0.15) is 24.0 Å². The predicted molar refractivity (Wildman–Crippen MR) is 103 cm³/mol. The Kier molecular flexibility index (Phi) is 6.84. The fraction of sp³-hybridized carbons (Fsp3) is 0.278. The number of benzene rings is 2. The van der Waals surface area contributed by atoms with E-state index in [2.05, 4.69) is 46.1 Å². The quantitative estimate of drug-likeness (QED) is 0.403. The van der Waals surface area contributed by atoms with Crippen molar-refractivity contribution in [3.05, 3.63) is 53.6 Å². The summed E-state index contributed by atoms with van der Waals surface area (Å²) >= 11 is 2.15. The molecule has 0 aliphatic heterocycles. The third kappa shape index (κ3) is 3.80. The molecule has 0 saturated heterocycles. The van der Waals surface area contributed by atoms with Crippen LogP contribution in [0.15, 0.2) is 42.5 Å². The zero-order valence-corrected chi connectivity index (χ0v) is 15.8. The van der Waals surface area contributed by atoms with E-state index in [1.807, 2.05) is 36.1 Å². The van der Waals surface area contributed by atoms with Crippen molar-refractivity contribution in [2.45, 2.75) is 12.8 Å². The smallest absolute Gasteiger partial charge is 0.435 e. The van der Waals surface area contributed by atoms with Gasteiger partial charge in [0.05, 0.1) is 0 Å². The molecular formula is C18H20FIN2O2. The summed E-state index contributed by atoms with van der Waals surface area (Å²) in [6, 6.07) is 14.2. The van der Waals surface area contributed by atoms with Crippen molar-refractivity contribution < 1.29 is 14.0 Å². The lowest BCUT2D eigenvalue weighted by molar-refractivity contribution is 0.121. The van der Waals surface area contributed by atoms with Gasteiger partial charge in [-0.15, -0.1) is 0 Å². The van der Waals surface area contributed by atoms with Gasteiger partial charge in [0.1, 0.15) is 6.61 Å². The molecule has 3 rings (SSSR count). The van der Waals surface area contributed by atoms with Gasteiger partial charge >= 0.3 is 6.09 Å².